The lowest BCUT2D eigenvalue weighted by molar-refractivity contribution is -0.0976. The van der Waals surface area contributed by atoms with Gasteiger partial charge >= 0.3 is 0 Å². The summed E-state index contributed by atoms with van der Waals surface area (Å²) >= 11 is 1.56. The van der Waals surface area contributed by atoms with Crippen molar-refractivity contribution in [3.63, 3.8) is 0 Å². The predicted octanol–water partition coefficient (Wildman–Crippen LogP) is 2.78. The van der Waals surface area contributed by atoms with Gasteiger partial charge in [0.05, 0.1) is 22.3 Å². The average molecular weight is 316 g/mol. The second-order valence-electron chi connectivity index (χ2n) is 7.46. The zero-order valence-electron chi connectivity index (χ0n) is 12.9. The molecule has 1 amide bonds. The number of thiazole rings is 1. The number of aliphatic hydroxyl groups is 1. The smallest absolute Gasteiger partial charge is 0.253 e. The fourth-order valence-corrected chi connectivity index (χ4v) is 5.38. The van der Waals surface area contributed by atoms with E-state index >= 15 is 0 Å². The predicted molar refractivity (Wildman–Crippen MR) is 86.9 cm³/mol. The van der Waals surface area contributed by atoms with Gasteiger partial charge in [0.15, 0.2) is 0 Å². The lowest BCUT2D eigenvalue weighted by atomic mass is 9.48. The van der Waals surface area contributed by atoms with E-state index in [1.54, 1.807) is 16.8 Å². The Morgan fingerprint density at radius 1 is 1.50 bits per heavy atom. The van der Waals surface area contributed by atoms with Crippen LogP contribution in [0.2, 0.25) is 0 Å². The van der Waals surface area contributed by atoms with Gasteiger partial charge in [-0.1, -0.05) is 13.8 Å². The summed E-state index contributed by atoms with van der Waals surface area (Å²) < 4.78 is 1.05. The Hall–Kier alpha value is -1.46. The van der Waals surface area contributed by atoms with Crippen molar-refractivity contribution in [2.24, 2.45) is 16.7 Å². The van der Waals surface area contributed by atoms with Gasteiger partial charge in [0.2, 0.25) is 0 Å². The molecule has 1 aromatic heterocycles. The number of nitrogens with zero attached hydrogens (tertiary/aromatic N) is 2. The zero-order chi connectivity index (χ0) is 15.5. The van der Waals surface area contributed by atoms with Gasteiger partial charge in [-0.05, 0) is 36.0 Å². The molecule has 1 aliphatic carbocycles. The third-order valence-electron chi connectivity index (χ3n) is 5.58. The maximum atomic E-state index is 12.8. The molecule has 0 radical (unpaired) electrons. The van der Waals surface area contributed by atoms with E-state index in [9.17, 15) is 9.90 Å². The van der Waals surface area contributed by atoms with Crippen LogP contribution in [0.25, 0.3) is 10.2 Å². The van der Waals surface area contributed by atoms with Crippen LogP contribution in [0, 0.1) is 16.7 Å². The van der Waals surface area contributed by atoms with E-state index in [-0.39, 0.29) is 23.3 Å². The summed E-state index contributed by atoms with van der Waals surface area (Å²) in [7, 11) is 0. The molecule has 116 valence electrons. The lowest BCUT2D eigenvalue weighted by Crippen LogP contribution is -2.54. The third-order valence-corrected chi connectivity index (χ3v) is 6.37. The Morgan fingerprint density at radius 3 is 3.00 bits per heavy atom. The number of fused-ring (bicyclic) bond motifs is 2. The molecule has 4 nitrogen and oxygen atoms in total. The molecule has 1 saturated heterocycles. The van der Waals surface area contributed by atoms with Crippen molar-refractivity contribution in [2.45, 2.75) is 20.3 Å². The van der Waals surface area contributed by atoms with Crippen LogP contribution in [0.5, 0.6) is 0 Å². The van der Waals surface area contributed by atoms with Crippen molar-refractivity contribution >= 4 is 27.5 Å². The average Bonchev–Trinajstić information content (AvgIpc) is 3.08. The van der Waals surface area contributed by atoms with Gasteiger partial charge in [0, 0.05) is 24.1 Å². The standard InChI is InChI=1S/C17H20N2O2S/c1-16(2)7-17(9-20)8-19(6-14(16)17)15(21)11-3-4-12-13(5-11)22-10-18-12/h3-5,10,14,20H,6-9H2,1-2H3/t14-,17-/m1/s1. The highest BCUT2D eigenvalue weighted by Crippen LogP contribution is 2.62. The van der Waals surface area contributed by atoms with Crippen molar-refractivity contribution in [1.29, 1.82) is 0 Å². The zero-order valence-corrected chi connectivity index (χ0v) is 13.7. The molecule has 0 spiro atoms. The van der Waals surface area contributed by atoms with Gasteiger partial charge in [-0.3, -0.25) is 4.79 Å². The van der Waals surface area contributed by atoms with Crippen LogP contribution >= 0.6 is 11.3 Å². The Morgan fingerprint density at radius 2 is 2.32 bits per heavy atom. The van der Waals surface area contributed by atoms with Crippen LogP contribution in [0.4, 0.5) is 0 Å². The largest absolute Gasteiger partial charge is 0.396 e. The van der Waals surface area contributed by atoms with Crippen LogP contribution in [-0.4, -0.2) is 40.6 Å². The van der Waals surface area contributed by atoms with Crippen LogP contribution in [-0.2, 0) is 0 Å². The summed E-state index contributed by atoms with van der Waals surface area (Å²) in [6.07, 6.45) is 0.999. The number of hydrogen-bond acceptors (Lipinski definition) is 4. The number of carbonyl (C=O) groups is 1. The Labute approximate surface area is 133 Å². The minimum Gasteiger partial charge on any atom is -0.396 e. The SMILES string of the molecule is CC1(C)C[C@]2(CO)CN(C(=O)c3ccc4ncsc4c3)C[C@H]12. The van der Waals surface area contributed by atoms with Crippen molar-refractivity contribution in [1.82, 2.24) is 9.88 Å². The van der Waals surface area contributed by atoms with Crippen molar-refractivity contribution < 1.29 is 9.90 Å². The van der Waals surface area contributed by atoms with Gasteiger partial charge in [0.25, 0.3) is 5.91 Å². The first kappa shape index (κ1) is 14.2. The second kappa shape index (κ2) is 4.52. The molecule has 22 heavy (non-hydrogen) atoms. The molecule has 2 atom stereocenters. The molecule has 1 aliphatic heterocycles. The molecule has 4 rings (SSSR count). The van der Waals surface area contributed by atoms with E-state index in [2.05, 4.69) is 18.8 Å². The number of carbonyl (C=O) groups excluding carboxylic acids is 1. The quantitative estimate of drug-likeness (QED) is 0.927. The Bertz CT molecular complexity index is 754. The number of rotatable bonds is 2. The van der Waals surface area contributed by atoms with Crippen molar-refractivity contribution in [2.75, 3.05) is 19.7 Å². The molecule has 2 heterocycles. The van der Waals surface area contributed by atoms with Crippen LogP contribution < -0.4 is 0 Å². The van der Waals surface area contributed by atoms with Gasteiger partial charge in [0.1, 0.15) is 0 Å². The fraction of sp³-hybridized carbons (Fsp3) is 0.529. The molecule has 1 saturated carbocycles. The number of amides is 1. The minimum atomic E-state index is -0.0756. The number of benzene rings is 1. The highest BCUT2D eigenvalue weighted by atomic mass is 32.1. The Kier molecular flexibility index (Phi) is 2.91. The summed E-state index contributed by atoms with van der Waals surface area (Å²) in [6.45, 7) is 6.09. The monoisotopic (exact) mass is 316 g/mol. The summed E-state index contributed by atoms with van der Waals surface area (Å²) in [5.74, 6) is 0.481. The van der Waals surface area contributed by atoms with Crippen LogP contribution in [0.3, 0.4) is 0 Å². The third kappa shape index (κ3) is 1.85. The van der Waals surface area contributed by atoms with E-state index in [0.29, 0.717) is 12.5 Å². The van der Waals surface area contributed by atoms with Gasteiger partial charge < -0.3 is 10.0 Å². The molecule has 2 fully saturated rings. The highest BCUT2D eigenvalue weighted by molar-refractivity contribution is 7.16. The maximum Gasteiger partial charge on any atom is 0.253 e. The fourth-order valence-electron chi connectivity index (χ4n) is 4.66. The summed E-state index contributed by atoms with van der Waals surface area (Å²) in [4.78, 5) is 19.0. The van der Waals surface area contributed by atoms with Gasteiger partial charge in [-0.25, -0.2) is 4.98 Å². The molecule has 1 N–H and O–H groups in total. The van der Waals surface area contributed by atoms with E-state index in [4.69, 9.17) is 0 Å². The first-order valence-corrected chi connectivity index (χ1v) is 8.57. The molecule has 0 unspecified atom stereocenters. The van der Waals surface area contributed by atoms with Crippen molar-refractivity contribution in [3.8, 4) is 0 Å². The second-order valence-corrected chi connectivity index (χ2v) is 8.35. The Balaban J connectivity index is 1.61. The molecule has 0 bridgehead atoms. The number of hydrogen-bond donors (Lipinski definition) is 1. The first-order valence-electron chi connectivity index (χ1n) is 7.69. The molecule has 2 aromatic rings. The number of aromatic nitrogens is 1. The molecular formula is C17H20N2O2S. The van der Waals surface area contributed by atoms with Gasteiger partial charge in [-0.15, -0.1) is 11.3 Å². The van der Waals surface area contributed by atoms with Gasteiger partial charge in [-0.2, -0.15) is 0 Å². The molecule has 5 heteroatoms. The van der Waals surface area contributed by atoms with Crippen LogP contribution in [0.1, 0.15) is 30.6 Å². The first-order chi connectivity index (χ1) is 10.5. The summed E-state index contributed by atoms with van der Waals surface area (Å²) in [6, 6.07) is 5.71. The highest BCUT2D eigenvalue weighted by Gasteiger charge is 2.63. The normalized spacial score (nSPS) is 29.4. The minimum absolute atomic E-state index is 0.0756. The van der Waals surface area contributed by atoms with E-state index in [1.807, 2.05) is 23.1 Å². The molecular weight excluding hydrogens is 296 g/mol. The number of aliphatic hydroxyl groups excluding tert-OH is 1. The van der Waals surface area contributed by atoms with Crippen molar-refractivity contribution in [3.05, 3.63) is 29.3 Å². The van der Waals surface area contributed by atoms with Crippen LogP contribution in [0.15, 0.2) is 23.7 Å². The van der Waals surface area contributed by atoms with E-state index < -0.39 is 0 Å². The summed E-state index contributed by atoms with van der Waals surface area (Å²) in [5.41, 5.74) is 3.62. The number of likely N-dealkylation sites (tertiary alicyclic amines) is 1. The maximum absolute atomic E-state index is 12.8. The topological polar surface area (TPSA) is 53.4 Å². The van der Waals surface area contributed by atoms with E-state index in [1.165, 1.54) is 0 Å². The van der Waals surface area contributed by atoms with E-state index in [0.717, 1.165) is 28.7 Å². The lowest BCUT2D eigenvalue weighted by Gasteiger charge is -2.55. The molecule has 1 aromatic carbocycles. The summed E-state index contributed by atoms with van der Waals surface area (Å²) in [5, 5.41) is 9.82. The molecule has 2 aliphatic rings.